The van der Waals surface area contributed by atoms with Crippen molar-refractivity contribution in [3.63, 3.8) is 0 Å². The number of fused-ring (bicyclic) bond motifs is 3. The Morgan fingerprint density at radius 3 is 2.68 bits per heavy atom. The first-order valence-corrected chi connectivity index (χ1v) is 10.8. The van der Waals surface area contributed by atoms with Crippen LogP contribution in [0.15, 0.2) is 53.8 Å². The minimum atomic E-state index is -1.04. The van der Waals surface area contributed by atoms with Crippen molar-refractivity contribution in [3.05, 3.63) is 60.2 Å². The number of aromatic amines is 1. The number of hydrogen-bond donors (Lipinski definition) is 1. The van der Waals surface area contributed by atoms with Crippen molar-refractivity contribution in [1.82, 2.24) is 23.7 Å². The third-order valence-electron chi connectivity index (χ3n) is 6.33. The highest BCUT2D eigenvalue weighted by molar-refractivity contribution is 7.89. The van der Waals surface area contributed by atoms with Crippen LogP contribution in [0.3, 0.4) is 0 Å². The maximum absolute atomic E-state index is 12.8. The van der Waals surface area contributed by atoms with Gasteiger partial charge in [-0.05, 0) is 38.0 Å². The van der Waals surface area contributed by atoms with Gasteiger partial charge in [0.05, 0.1) is 36.2 Å². The van der Waals surface area contributed by atoms with Crippen LogP contribution in [-0.2, 0) is 11.4 Å². The van der Waals surface area contributed by atoms with E-state index in [1.54, 1.807) is 0 Å². The van der Waals surface area contributed by atoms with Crippen molar-refractivity contribution in [2.75, 3.05) is 13.1 Å². The summed E-state index contributed by atoms with van der Waals surface area (Å²) in [5, 5.41) is 0. The summed E-state index contributed by atoms with van der Waals surface area (Å²) in [5.74, 6) is 0.505. The molecule has 1 atom stereocenters. The number of H-pyrrole nitrogens is 1. The van der Waals surface area contributed by atoms with Crippen molar-refractivity contribution in [1.29, 1.82) is 0 Å². The van der Waals surface area contributed by atoms with Crippen LogP contribution in [0.25, 0.3) is 16.8 Å². The van der Waals surface area contributed by atoms with E-state index in [2.05, 4.69) is 36.6 Å². The number of nitrogens with one attached hydrogen (secondary N) is 1. The molecule has 1 aliphatic carbocycles. The molecule has 1 unspecified atom stereocenters. The molecule has 3 aromatic heterocycles. The molecular weight excluding hydrogens is 370 g/mol. The van der Waals surface area contributed by atoms with Gasteiger partial charge >= 0.3 is 0 Å². The van der Waals surface area contributed by atoms with E-state index in [1.807, 2.05) is 42.9 Å². The fourth-order valence-electron chi connectivity index (χ4n) is 4.86. The average Bonchev–Trinajstić information content (AvgIpc) is 3.26. The molecule has 1 saturated carbocycles. The monoisotopic (exact) mass is 391 g/mol. The Bertz CT molecular complexity index is 1170. The van der Waals surface area contributed by atoms with E-state index in [0.717, 1.165) is 47.6 Å². The van der Waals surface area contributed by atoms with E-state index in [-0.39, 0.29) is 0 Å². The topological polar surface area (TPSA) is 72.3 Å². The Morgan fingerprint density at radius 1 is 1.11 bits per heavy atom. The smallest absolute Gasteiger partial charge is 0.174 e. The van der Waals surface area contributed by atoms with Crippen molar-refractivity contribution >= 4 is 28.2 Å². The van der Waals surface area contributed by atoms with Crippen LogP contribution in [0, 0.1) is 12.3 Å². The van der Waals surface area contributed by atoms with Gasteiger partial charge in [0.1, 0.15) is 0 Å². The number of imidazole rings is 1. The zero-order valence-electron chi connectivity index (χ0n) is 15.6. The molecule has 4 aromatic rings. The van der Waals surface area contributed by atoms with Gasteiger partial charge in [-0.3, -0.25) is 4.40 Å². The van der Waals surface area contributed by atoms with Crippen molar-refractivity contribution in [2.45, 2.75) is 30.6 Å². The van der Waals surface area contributed by atoms with E-state index in [0.29, 0.717) is 11.3 Å². The van der Waals surface area contributed by atoms with Gasteiger partial charge in [0.2, 0.25) is 0 Å². The number of rotatable bonds is 3. The van der Waals surface area contributed by atoms with Gasteiger partial charge in [-0.25, -0.2) is 9.97 Å². The molecule has 1 aliphatic heterocycles. The molecule has 1 saturated heterocycles. The van der Waals surface area contributed by atoms with Crippen LogP contribution in [0.2, 0.25) is 0 Å². The summed E-state index contributed by atoms with van der Waals surface area (Å²) in [6.45, 7) is 3.89. The summed E-state index contributed by atoms with van der Waals surface area (Å²) in [6.07, 6.45) is 8.02. The average molecular weight is 392 g/mol. The molecule has 4 heterocycles. The van der Waals surface area contributed by atoms with Gasteiger partial charge in [-0.15, -0.1) is 4.31 Å². The molecule has 1 spiro atoms. The van der Waals surface area contributed by atoms with E-state index < -0.39 is 11.4 Å². The van der Waals surface area contributed by atoms with Gasteiger partial charge in [-0.2, -0.15) is 0 Å². The quantitative estimate of drug-likeness (QED) is 0.543. The van der Waals surface area contributed by atoms with E-state index in [1.165, 1.54) is 11.3 Å². The summed E-state index contributed by atoms with van der Waals surface area (Å²) < 4.78 is 17.1. The summed E-state index contributed by atoms with van der Waals surface area (Å²) >= 11 is -1.04. The van der Waals surface area contributed by atoms with Gasteiger partial charge in [0, 0.05) is 29.4 Å². The highest BCUT2D eigenvalue weighted by atomic mass is 32.2. The van der Waals surface area contributed by atoms with Crippen LogP contribution in [0.5, 0.6) is 0 Å². The minimum Gasteiger partial charge on any atom is -0.593 e. The molecule has 2 fully saturated rings. The maximum Gasteiger partial charge on any atom is 0.174 e. The van der Waals surface area contributed by atoms with Crippen LogP contribution >= 0.6 is 0 Å². The van der Waals surface area contributed by atoms with E-state index in [4.69, 9.17) is 0 Å². The molecule has 6 rings (SSSR count). The van der Waals surface area contributed by atoms with Crippen molar-refractivity contribution in [3.8, 4) is 0 Å². The summed E-state index contributed by atoms with van der Waals surface area (Å²) in [4.78, 5) is 13.1. The molecule has 6 nitrogen and oxygen atoms in total. The van der Waals surface area contributed by atoms with Crippen LogP contribution in [0.1, 0.15) is 30.0 Å². The zero-order valence-corrected chi connectivity index (χ0v) is 16.4. The zero-order chi connectivity index (χ0) is 18.9. The molecule has 0 bridgehead atoms. The lowest BCUT2D eigenvalue weighted by Gasteiger charge is -2.57. The summed E-state index contributed by atoms with van der Waals surface area (Å²) in [5.41, 5.74) is 5.66. The Kier molecular flexibility index (Phi) is 3.45. The van der Waals surface area contributed by atoms with Crippen molar-refractivity contribution in [2.24, 2.45) is 5.41 Å². The molecule has 142 valence electrons. The highest BCUT2D eigenvalue weighted by Gasteiger charge is 2.57. The van der Waals surface area contributed by atoms with Gasteiger partial charge < -0.3 is 9.54 Å². The first kappa shape index (κ1) is 16.6. The highest BCUT2D eigenvalue weighted by Crippen LogP contribution is 2.57. The third-order valence-corrected chi connectivity index (χ3v) is 7.73. The Balaban J connectivity index is 1.18. The second kappa shape index (κ2) is 5.83. The first-order valence-electron chi connectivity index (χ1n) is 9.65. The predicted octanol–water partition coefficient (Wildman–Crippen LogP) is 3.42. The van der Waals surface area contributed by atoms with E-state index >= 15 is 0 Å². The first-order chi connectivity index (χ1) is 13.6. The standard InChI is InChI=1S/C21H21N5OS/c1-14-2-4-16(5-3-14)28(27)25-12-21(13-25)8-15(9-21)18-10-23-19-11-24-20-17(26(18)19)6-7-22-20/h2-7,10-11,15,22H,8-9,12-13H2,1H3. The third kappa shape index (κ3) is 2.36. The summed E-state index contributed by atoms with van der Waals surface area (Å²) in [6, 6.07) is 10.1. The van der Waals surface area contributed by atoms with Crippen LogP contribution in [-0.4, -0.2) is 41.3 Å². The molecule has 1 aromatic carbocycles. The normalized spacial score (nSPS) is 20.5. The molecule has 1 N–H and O–H groups in total. The number of hydrogen-bond acceptors (Lipinski definition) is 4. The second-order valence-corrected chi connectivity index (χ2v) is 9.80. The number of aryl methyl sites for hydroxylation is 1. The number of nitrogens with zero attached hydrogens (tertiary/aromatic N) is 4. The summed E-state index contributed by atoms with van der Waals surface area (Å²) in [7, 11) is 0. The van der Waals surface area contributed by atoms with Gasteiger partial charge in [-0.1, -0.05) is 17.7 Å². The minimum absolute atomic E-state index is 0.319. The molecule has 0 amide bonds. The lowest BCUT2D eigenvalue weighted by Crippen LogP contribution is -2.63. The van der Waals surface area contributed by atoms with Crippen molar-refractivity contribution < 1.29 is 4.55 Å². The fourth-order valence-corrected chi connectivity index (χ4v) is 6.31. The Morgan fingerprint density at radius 2 is 1.89 bits per heavy atom. The maximum atomic E-state index is 12.8. The Labute approximate surface area is 165 Å². The molecule has 2 aliphatic rings. The second-order valence-electron chi connectivity index (χ2n) is 8.31. The number of aromatic nitrogens is 4. The molecule has 7 heteroatoms. The lowest BCUT2D eigenvalue weighted by molar-refractivity contribution is -0.0267. The largest absolute Gasteiger partial charge is 0.593 e. The molecule has 0 radical (unpaired) electrons. The Hall–Kier alpha value is -2.35. The predicted molar refractivity (Wildman–Crippen MR) is 108 cm³/mol. The van der Waals surface area contributed by atoms with E-state index in [9.17, 15) is 4.55 Å². The lowest BCUT2D eigenvalue weighted by atomic mass is 9.58. The van der Waals surface area contributed by atoms with Crippen LogP contribution in [0.4, 0.5) is 0 Å². The molecular formula is C21H21N5OS. The SMILES string of the molecule is Cc1ccc([S+]([O-])N2CC3(CC(c4cnc5cnc6[nH]ccc6n45)C3)C2)cc1. The van der Waals surface area contributed by atoms with Gasteiger partial charge in [0.15, 0.2) is 16.2 Å². The van der Waals surface area contributed by atoms with Crippen LogP contribution < -0.4 is 0 Å². The number of benzene rings is 1. The van der Waals surface area contributed by atoms with Gasteiger partial charge in [0.25, 0.3) is 0 Å². The fraction of sp³-hybridized carbons (Fsp3) is 0.333. The molecule has 28 heavy (non-hydrogen) atoms.